The van der Waals surface area contributed by atoms with Gasteiger partial charge in [0.2, 0.25) is 0 Å². The van der Waals surface area contributed by atoms with Crippen LogP contribution < -0.4 is 10.5 Å². The van der Waals surface area contributed by atoms with Gasteiger partial charge in [0, 0.05) is 6.61 Å². The Balaban J connectivity index is 2.27. The maximum Gasteiger partial charge on any atom is 0.339 e. The van der Waals surface area contributed by atoms with Gasteiger partial charge in [-0.15, -0.1) is 0 Å². The summed E-state index contributed by atoms with van der Waals surface area (Å²) in [6, 6.07) is 11.6. The van der Waals surface area contributed by atoms with Crippen molar-refractivity contribution in [3.05, 3.63) is 53.6 Å². The van der Waals surface area contributed by atoms with E-state index in [4.69, 9.17) is 20.7 Å². The third kappa shape index (κ3) is 3.07. The highest BCUT2D eigenvalue weighted by Crippen LogP contribution is 2.31. The van der Waals surface area contributed by atoms with Crippen LogP contribution in [-0.4, -0.2) is 22.8 Å². The fourth-order valence-corrected chi connectivity index (χ4v) is 1.81. The molecule has 0 atom stereocenters. The number of nitrogens with two attached hydrogens (primary N) is 1. The molecular weight excluding hydrogens is 258 g/mol. The van der Waals surface area contributed by atoms with Crippen LogP contribution in [-0.2, 0) is 6.42 Å². The molecule has 0 aromatic heterocycles. The maximum atomic E-state index is 11.1. The molecule has 0 aliphatic carbocycles. The summed E-state index contributed by atoms with van der Waals surface area (Å²) < 4.78 is 5.57. The largest absolute Gasteiger partial charge is 0.478 e. The molecule has 0 heterocycles. The fourth-order valence-electron chi connectivity index (χ4n) is 1.81. The highest BCUT2D eigenvalue weighted by Gasteiger charge is 2.14. The van der Waals surface area contributed by atoms with E-state index < -0.39 is 5.97 Å². The number of ether oxygens (including phenoxy) is 1. The van der Waals surface area contributed by atoms with Crippen LogP contribution in [0.3, 0.4) is 0 Å². The highest BCUT2D eigenvalue weighted by atomic mass is 16.5. The first-order chi connectivity index (χ1) is 9.61. The molecule has 2 aromatic carbocycles. The number of aliphatic hydroxyl groups excluding tert-OH is 1. The third-order valence-electron chi connectivity index (χ3n) is 2.82. The van der Waals surface area contributed by atoms with E-state index in [0.717, 1.165) is 5.56 Å². The standard InChI is InChI=1S/C15H15NO4/c16-13-3-1-2-12(15(18)19)14(13)20-11-6-4-10(5-7-11)8-9-17/h1-7,17H,8-9,16H2,(H,18,19). The molecule has 2 aromatic rings. The minimum absolute atomic E-state index is 0.0180. The Hall–Kier alpha value is -2.53. The van der Waals surface area contributed by atoms with Crippen LogP contribution in [0, 0.1) is 0 Å². The zero-order valence-electron chi connectivity index (χ0n) is 10.7. The van der Waals surface area contributed by atoms with Gasteiger partial charge in [-0.2, -0.15) is 0 Å². The Bertz CT molecular complexity index is 608. The van der Waals surface area contributed by atoms with E-state index in [9.17, 15) is 4.79 Å². The average molecular weight is 273 g/mol. The second kappa shape index (κ2) is 6.08. The van der Waals surface area contributed by atoms with Crippen molar-refractivity contribution < 1.29 is 19.7 Å². The van der Waals surface area contributed by atoms with Crippen LogP contribution in [0.1, 0.15) is 15.9 Å². The van der Waals surface area contributed by atoms with Crippen molar-refractivity contribution in [3.63, 3.8) is 0 Å². The molecule has 0 bridgehead atoms. The Morgan fingerprint density at radius 1 is 1.15 bits per heavy atom. The number of para-hydroxylation sites is 1. The zero-order chi connectivity index (χ0) is 14.5. The Labute approximate surface area is 116 Å². The van der Waals surface area contributed by atoms with Crippen molar-refractivity contribution in [1.29, 1.82) is 0 Å². The number of aromatic carboxylic acids is 1. The van der Waals surface area contributed by atoms with E-state index in [2.05, 4.69) is 0 Å². The number of hydrogen-bond donors (Lipinski definition) is 3. The number of carbonyl (C=O) groups is 1. The molecule has 0 unspecified atom stereocenters. The van der Waals surface area contributed by atoms with Gasteiger partial charge in [0.15, 0.2) is 5.75 Å². The normalized spacial score (nSPS) is 10.2. The van der Waals surface area contributed by atoms with Gasteiger partial charge in [-0.05, 0) is 36.2 Å². The van der Waals surface area contributed by atoms with Crippen molar-refractivity contribution >= 4 is 11.7 Å². The number of aliphatic hydroxyl groups is 1. The minimum Gasteiger partial charge on any atom is -0.478 e. The van der Waals surface area contributed by atoms with Gasteiger partial charge in [0.05, 0.1) is 5.69 Å². The fraction of sp³-hybridized carbons (Fsp3) is 0.133. The SMILES string of the molecule is Nc1cccc(C(=O)O)c1Oc1ccc(CCO)cc1. The van der Waals surface area contributed by atoms with Gasteiger partial charge in [-0.1, -0.05) is 18.2 Å². The van der Waals surface area contributed by atoms with Gasteiger partial charge < -0.3 is 20.7 Å². The van der Waals surface area contributed by atoms with E-state index in [1.807, 2.05) is 12.1 Å². The quantitative estimate of drug-likeness (QED) is 0.727. The van der Waals surface area contributed by atoms with Gasteiger partial charge in [0.1, 0.15) is 11.3 Å². The molecule has 0 spiro atoms. The number of benzene rings is 2. The lowest BCUT2D eigenvalue weighted by atomic mass is 10.1. The molecule has 0 radical (unpaired) electrons. The molecule has 4 N–H and O–H groups in total. The summed E-state index contributed by atoms with van der Waals surface area (Å²) in [5.41, 5.74) is 7.02. The lowest BCUT2D eigenvalue weighted by molar-refractivity contribution is 0.0694. The van der Waals surface area contributed by atoms with Gasteiger partial charge in [0.25, 0.3) is 0 Å². The van der Waals surface area contributed by atoms with Crippen LogP contribution in [0.25, 0.3) is 0 Å². The predicted molar refractivity (Wildman–Crippen MR) is 75.1 cm³/mol. The average Bonchev–Trinajstić information content (AvgIpc) is 2.43. The maximum absolute atomic E-state index is 11.1. The first-order valence-corrected chi connectivity index (χ1v) is 6.11. The zero-order valence-corrected chi connectivity index (χ0v) is 10.7. The molecule has 0 aliphatic heterocycles. The molecule has 20 heavy (non-hydrogen) atoms. The van der Waals surface area contributed by atoms with E-state index in [1.165, 1.54) is 6.07 Å². The molecule has 0 amide bonds. The van der Waals surface area contributed by atoms with Crippen LogP contribution in [0.2, 0.25) is 0 Å². The topological polar surface area (TPSA) is 92.8 Å². The molecule has 0 fully saturated rings. The highest BCUT2D eigenvalue weighted by molar-refractivity contribution is 5.93. The summed E-state index contributed by atoms with van der Waals surface area (Å²) in [6.07, 6.45) is 0.564. The monoisotopic (exact) mass is 273 g/mol. The summed E-state index contributed by atoms with van der Waals surface area (Å²) in [5, 5.41) is 18.0. The smallest absolute Gasteiger partial charge is 0.339 e. The molecule has 0 saturated heterocycles. The first-order valence-electron chi connectivity index (χ1n) is 6.11. The number of carboxylic acids is 1. The van der Waals surface area contributed by atoms with Gasteiger partial charge >= 0.3 is 5.97 Å². The van der Waals surface area contributed by atoms with Gasteiger partial charge in [-0.3, -0.25) is 0 Å². The molecule has 0 saturated carbocycles. The van der Waals surface area contributed by atoms with Crippen molar-refractivity contribution in [2.24, 2.45) is 0 Å². The molecule has 5 heteroatoms. The van der Waals surface area contributed by atoms with Crippen molar-refractivity contribution in [2.45, 2.75) is 6.42 Å². The summed E-state index contributed by atoms with van der Waals surface area (Å²) in [6.45, 7) is 0.0784. The summed E-state index contributed by atoms with van der Waals surface area (Å²) >= 11 is 0. The number of rotatable bonds is 5. The lowest BCUT2D eigenvalue weighted by Crippen LogP contribution is -2.03. The Morgan fingerprint density at radius 2 is 1.85 bits per heavy atom. The van der Waals surface area contributed by atoms with Crippen LogP contribution in [0.4, 0.5) is 5.69 Å². The Kier molecular flexibility index (Phi) is 4.22. The van der Waals surface area contributed by atoms with E-state index in [1.54, 1.807) is 24.3 Å². The van der Waals surface area contributed by atoms with Crippen molar-refractivity contribution in [3.8, 4) is 11.5 Å². The van der Waals surface area contributed by atoms with Crippen LogP contribution in [0.15, 0.2) is 42.5 Å². The molecule has 0 aliphatic rings. The van der Waals surface area contributed by atoms with Crippen molar-refractivity contribution in [1.82, 2.24) is 0 Å². The van der Waals surface area contributed by atoms with Crippen molar-refractivity contribution in [2.75, 3.05) is 12.3 Å². The summed E-state index contributed by atoms with van der Waals surface area (Å²) in [4.78, 5) is 11.1. The first kappa shape index (κ1) is 13.9. The minimum atomic E-state index is -1.09. The number of carboxylic acid groups (broad SMARTS) is 1. The lowest BCUT2D eigenvalue weighted by Gasteiger charge is -2.11. The molecular formula is C15H15NO4. The summed E-state index contributed by atoms with van der Waals surface area (Å²) in [7, 11) is 0. The predicted octanol–water partition coefficient (Wildman–Crippen LogP) is 2.29. The van der Waals surface area contributed by atoms with Crippen LogP contribution in [0.5, 0.6) is 11.5 Å². The number of nitrogen functional groups attached to an aromatic ring is 1. The second-order valence-electron chi connectivity index (χ2n) is 4.25. The second-order valence-corrected chi connectivity index (χ2v) is 4.25. The Morgan fingerprint density at radius 3 is 2.45 bits per heavy atom. The molecule has 5 nitrogen and oxygen atoms in total. The van der Waals surface area contributed by atoms with Crippen LogP contribution >= 0.6 is 0 Å². The number of hydrogen-bond acceptors (Lipinski definition) is 4. The molecule has 2 rings (SSSR count). The summed E-state index contributed by atoms with van der Waals surface area (Å²) in [5.74, 6) is -0.466. The number of anilines is 1. The molecule has 104 valence electrons. The van der Waals surface area contributed by atoms with E-state index in [0.29, 0.717) is 12.2 Å². The van der Waals surface area contributed by atoms with E-state index >= 15 is 0 Å². The van der Waals surface area contributed by atoms with E-state index in [-0.39, 0.29) is 23.6 Å². The third-order valence-corrected chi connectivity index (χ3v) is 2.82. The van der Waals surface area contributed by atoms with Gasteiger partial charge in [-0.25, -0.2) is 4.79 Å².